The average Bonchev–Trinajstić information content (AvgIpc) is 2.04. The molecule has 2 heteroatoms. The van der Waals surface area contributed by atoms with E-state index >= 15 is 0 Å². The van der Waals surface area contributed by atoms with Crippen molar-refractivity contribution < 1.29 is 9.47 Å². The van der Waals surface area contributed by atoms with Gasteiger partial charge in [-0.2, -0.15) is 0 Å². The van der Waals surface area contributed by atoms with Gasteiger partial charge >= 0.3 is 0 Å². The predicted molar refractivity (Wildman–Crippen MR) is 44.6 cm³/mol. The number of hydrogen-bond donors (Lipinski definition) is 0. The molecule has 1 aliphatic carbocycles. The van der Waals surface area contributed by atoms with Crippen molar-refractivity contribution in [1.29, 1.82) is 0 Å². The molecule has 1 aliphatic rings. The van der Waals surface area contributed by atoms with Gasteiger partial charge in [-0.1, -0.05) is 6.92 Å². The molecule has 0 aromatic carbocycles. The van der Waals surface area contributed by atoms with E-state index in [4.69, 9.17) is 9.47 Å². The number of ether oxygens (including phenoxy) is 2. The van der Waals surface area contributed by atoms with Gasteiger partial charge in [0, 0.05) is 14.2 Å². The van der Waals surface area contributed by atoms with Crippen LogP contribution in [0, 0.1) is 5.92 Å². The molecule has 66 valence electrons. The molecule has 2 nitrogen and oxygen atoms in total. The summed E-state index contributed by atoms with van der Waals surface area (Å²) in [6.45, 7) is 2.24. The van der Waals surface area contributed by atoms with Crippen LogP contribution in [0.1, 0.15) is 26.2 Å². The third kappa shape index (κ3) is 2.17. The van der Waals surface area contributed by atoms with Crippen LogP contribution < -0.4 is 0 Å². The van der Waals surface area contributed by atoms with Crippen LogP contribution in [-0.2, 0) is 9.47 Å². The maximum atomic E-state index is 5.34. The van der Waals surface area contributed by atoms with Crippen molar-refractivity contribution in [3.63, 3.8) is 0 Å². The normalized spacial score (nSPS) is 39.0. The van der Waals surface area contributed by atoms with E-state index in [9.17, 15) is 0 Å². The largest absolute Gasteiger partial charge is 0.381 e. The van der Waals surface area contributed by atoms with E-state index in [2.05, 4.69) is 6.92 Å². The first-order valence-electron chi connectivity index (χ1n) is 4.33. The summed E-state index contributed by atoms with van der Waals surface area (Å²) in [5.74, 6) is 0.652. The predicted octanol–water partition coefficient (Wildman–Crippen LogP) is 1.84. The van der Waals surface area contributed by atoms with Crippen LogP contribution in [0.15, 0.2) is 0 Å². The fraction of sp³-hybridized carbons (Fsp3) is 1.00. The van der Waals surface area contributed by atoms with Crippen LogP contribution in [0.2, 0.25) is 0 Å². The Hall–Kier alpha value is -0.0800. The van der Waals surface area contributed by atoms with Crippen LogP contribution in [-0.4, -0.2) is 26.4 Å². The van der Waals surface area contributed by atoms with Gasteiger partial charge in [0.25, 0.3) is 0 Å². The van der Waals surface area contributed by atoms with Gasteiger partial charge < -0.3 is 9.47 Å². The molecular formula is C9H18O2. The summed E-state index contributed by atoms with van der Waals surface area (Å²) in [7, 11) is 3.60. The van der Waals surface area contributed by atoms with E-state index in [0.717, 1.165) is 19.3 Å². The molecule has 0 heterocycles. The lowest BCUT2D eigenvalue weighted by Crippen LogP contribution is -2.32. The van der Waals surface area contributed by atoms with Gasteiger partial charge in [-0.15, -0.1) is 0 Å². The molecule has 3 atom stereocenters. The second kappa shape index (κ2) is 4.07. The molecular weight excluding hydrogens is 140 g/mol. The Morgan fingerprint density at radius 2 is 1.82 bits per heavy atom. The average molecular weight is 158 g/mol. The molecule has 1 fully saturated rings. The highest BCUT2D eigenvalue weighted by molar-refractivity contribution is 4.78. The summed E-state index contributed by atoms with van der Waals surface area (Å²) in [6, 6.07) is 0. The van der Waals surface area contributed by atoms with E-state index in [0.29, 0.717) is 18.1 Å². The van der Waals surface area contributed by atoms with Crippen molar-refractivity contribution in [2.45, 2.75) is 38.4 Å². The lowest BCUT2D eigenvalue weighted by atomic mass is 9.86. The third-order valence-electron chi connectivity index (χ3n) is 2.68. The third-order valence-corrected chi connectivity index (χ3v) is 2.68. The Morgan fingerprint density at radius 1 is 1.09 bits per heavy atom. The van der Waals surface area contributed by atoms with Crippen LogP contribution in [0.3, 0.4) is 0 Å². The molecule has 0 aromatic rings. The van der Waals surface area contributed by atoms with Gasteiger partial charge in [0.15, 0.2) is 0 Å². The van der Waals surface area contributed by atoms with Crippen molar-refractivity contribution in [2.24, 2.45) is 5.92 Å². The molecule has 0 spiro atoms. The molecule has 0 amide bonds. The monoisotopic (exact) mass is 158 g/mol. The molecule has 1 saturated carbocycles. The molecule has 0 saturated heterocycles. The Labute approximate surface area is 68.9 Å². The van der Waals surface area contributed by atoms with E-state index < -0.39 is 0 Å². The molecule has 11 heavy (non-hydrogen) atoms. The van der Waals surface area contributed by atoms with Crippen LogP contribution in [0.4, 0.5) is 0 Å². The topological polar surface area (TPSA) is 18.5 Å². The second-order valence-corrected chi connectivity index (χ2v) is 3.42. The van der Waals surface area contributed by atoms with Gasteiger partial charge in [0.05, 0.1) is 12.2 Å². The maximum absolute atomic E-state index is 5.34. The van der Waals surface area contributed by atoms with Crippen molar-refractivity contribution in [3.8, 4) is 0 Å². The van der Waals surface area contributed by atoms with Gasteiger partial charge in [-0.05, 0) is 25.2 Å². The lowest BCUT2D eigenvalue weighted by molar-refractivity contribution is -0.0282. The molecule has 0 bridgehead atoms. The fourth-order valence-corrected chi connectivity index (χ4v) is 1.88. The Morgan fingerprint density at radius 3 is 2.27 bits per heavy atom. The maximum Gasteiger partial charge on any atom is 0.0598 e. The van der Waals surface area contributed by atoms with E-state index in [1.165, 1.54) is 0 Å². The smallest absolute Gasteiger partial charge is 0.0598 e. The summed E-state index contributed by atoms with van der Waals surface area (Å²) in [5, 5.41) is 0. The highest BCUT2D eigenvalue weighted by Gasteiger charge is 2.26. The Bertz CT molecular complexity index is 114. The van der Waals surface area contributed by atoms with Crippen molar-refractivity contribution >= 4 is 0 Å². The molecule has 0 unspecified atom stereocenters. The van der Waals surface area contributed by atoms with E-state index in [1.807, 2.05) is 0 Å². The van der Waals surface area contributed by atoms with Crippen molar-refractivity contribution in [2.75, 3.05) is 14.2 Å². The van der Waals surface area contributed by atoms with Gasteiger partial charge in [0.1, 0.15) is 0 Å². The Kier molecular flexibility index (Phi) is 3.34. The number of hydrogen-bond acceptors (Lipinski definition) is 2. The first-order valence-corrected chi connectivity index (χ1v) is 4.33. The van der Waals surface area contributed by atoms with Crippen molar-refractivity contribution in [3.05, 3.63) is 0 Å². The fourth-order valence-electron chi connectivity index (χ4n) is 1.88. The first kappa shape index (κ1) is 9.01. The summed E-state index contributed by atoms with van der Waals surface area (Å²) in [4.78, 5) is 0. The summed E-state index contributed by atoms with van der Waals surface area (Å²) < 4.78 is 10.6. The second-order valence-electron chi connectivity index (χ2n) is 3.42. The van der Waals surface area contributed by atoms with Gasteiger partial charge in [-0.3, -0.25) is 0 Å². The minimum Gasteiger partial charge on any atom is -0.381 e. The highest BCUT2D eigenvalue weighted by atomic mass is 16.5. The van der Waals surface area contributed by atoms with Gasteiger partial charge in [0.2, 0.25) is 0 Å². The zero-order chi connectivity index (χ0) is 8.27. The molecule has 0 radical (unpaired) electrons. The number of methoxy groups -OCH3 is 2. The molecule has 0 aromatic heterocycles. The van der Waals surface area contributed by atoms with Crippen molar-refractivity contribution in [1.82, 2.24) is 0 Å². The van der Waals surface area contributed by atoms with Crippen LogP contribution in [0.25, 0.3) is 0 Å². The molecule has 0 N–H and O–H groups in total. The van der Waals surface area contributed by atoms with Crippen LogP contribution in [0.5, 0.6) is 0 Å². The summed E-state index contributed by atoms with van der Waals surface area (Å²) in [5.41, 5.74) is 0. The summed E-state index contributed by atoms with van der Waals surface area (Å²) in [6.07, 6.45) is 4.38. The number of rotatable bonds is 2. The quantitative estimate of drug-likeness (QED) is 0.610. The van der Waals surface area contributed by atoms with Gasteiger partial charge in [-0.25, -0.2) is 0 Å². The zero-order valence-corrected chi connectivity index (χ0v) is 7.67. The van der Waals surface area contributed by atoms with E-state index in [-0.39, 0.29) is 0 Å². The minimum atomic E-state index is 0.460. The lowest BCUT2D eigenvalue weighted by Gasteiger charge is -2.32. The highest BCUT2D eigenvalue weighted by Crippen LogP contribution is 2.27. The molecule has 0 aliphatic heterocycles. The SMILES string of the molecule is CO[C@@H]1CC[C@H](OC)[C@H](C)C1. The van der Waals surface area contributed by atoms with Crippen LogP contribution >= 0.6 is 0 Å². The molecule has 1 rings (SSSR count). The standard InChI is InChI=1S/C9H18O2/c1-7-6-8(10-2)4-5-9(7)11-3/h7-9H,4-6H2,1-3H3/t7-,8-,9+/m1/s1. The Balaban J connectivity index is 2.34. The first-order chi connectivity index (χ1) is 5.27. The minimum absolute atomic E-state index is 0.460. The zero-order valence-electron chi connectivity index (χ0n) is 7.67. The van der Waals surface area contributed by atoms with E-state index in [1.54, 1.807) is 14.2 Å². The summed E-state index contributed by atoms with van der Waals surface area (Å²) >= 11 is 0.